The molecule has 2 aliphatic heterocycles. The topological polar surface area (TPSA) is 36.4 Å². The molecule has 2 atom stereocenters. The zero-order valence-electron chi connectivity index (χ0n) is 11.3. The van der Waals surface area contributed by atoms with Crippen molar-refractivity contribution < 1.29 is 4.79 Å². The van der Waals surface area contributed by atoms with Gasteiger partial charge in [-0.3, -0.25) is 9.78 Å². The summed E-state index contributed by atoms with van der Waals surface area (Å²) >= 11 is 0. The van der Waals surface area contributed by atoms with Crippen LogP contribution in [0.1, 0.15) is 23.3 Å². The van der Waals surface area contributed by atoms with Gasteiger partial charge in [-0.05, 0) is 37.4 Å². The summed E-state index contributed by atoms with van der Waals surface area (Å²) in [6.07, 6.45) is 4.21. The van der Waals surface area contributed by atoms with E-state index in [1.54, 1.807) is 12.3 Å². The molecular formula is C15H21N3O. The van der Waals surface area contributed by atoms with Crippen LogP contribution in [-0.4, -0.2) is 53.4 Å². The first kappa shape index (κ1) is 14.0. The number of hydrogen-bond donors (Lipinski definition) is 0. The van der Waals surface area contributed by atoms with E-state index in [0.717, 1.165) is 26.2 Å². The molecule has 0 spiro atoms. The maximum absolute atomic E-state index is 12.4. The molecule has 4 nitrogen and oxygen atoms in total. The summed E-state index contributed by atoms with van der Waals surface area (Å²) < 4.78 is 0. The van der Waals surface area contributed by atoms with Gasteiger partial charge >= 0.3 is 0 Å². The highest BCUT2D eigenvalue weighted by Gasteiger charge is 2.28. The number of carbonyl (C=O) groups is 1. The van der Waals surface area contributed by atoms with Crippen LogP contribution in [0.25, 0.3) is 0 Å². The van der Waals surface area contributed by atoms with Gasteiger partial charge in [0, 0.05) is 32.4 Å². The number of piperidine rings is 1. The lowest BCUT2D eigenvalue weighted by atomic mass is 9.98. The third-order valence-electron chi connectivity index (χ3n) is 3.94. The third kappa shape index (κ3) is 3.13. The molecule has 1 amide bonds. The standard InChI is InChI=1S/C14H19N3O.CH2/c18-14(13-5-1-2-6-15-13)17-9-8-16-7-3-4-12(10-16)11-17;/h1-2,5-6,12H,3-4,7-11H2;1H2. The van der Waals surface area contributed by atoms with Gasteiger partial charge in [-0.2, -0.15) is 0 Å². The van der Waals surface area contributed by atoms with Crippen molar-refractivity contribution in [1.82, 2.24) is 14.8 Å². The summed E-state index contributed by atoms with van der Waals surface area (Å²) in [6.45, 7) is 5.10. The molecule has 0 saturated carbocycles. The van der Waals surface area contributed by atoms with Crippen LogP contribution in [0.4, 0.5) is 0 Å². The smallest absolute Gasteiger partial charge is 0.272 e. The molecular weight excluding hydrogens is 238 g/mol. The summed E-state index contributed by atoms with van der Waals surface area (Å²) in [5, 5.41) is 0. The highest BCUT2D eigenvalue weighted by molar-refractivity contribution is 5.92. The second-order valence-electron chi connectivity index (χ2n) is 5.28. The minimum Gasteiger partial charge on any atom is -0.336 e. The number of aromatic nitrogens is 1. The summed E-state index contributed by atoms with van der Waals surface area (Å²) in [5.74, 6) is 0.735. The molecule has 2 fully saturated rings. The van der Waals surface area contributed by atoms with Crippen molar-refractivity contribution in [1.29, 1.82) is 0 Å². The predicted molar refractivity (Wildman–Crippen MR) is 74.7 cm³/mol. The molecule has 2 radical (unpaired) electrons. The predicted octanol–water partition coefficient (Wildman–Crippen LogP) is 1.58. The number of pyridine rings is 1. The second kappa shape index (κ2) is 6.15. The van der Waals surface area contributed by atoms with Crippen LogP contribution in [0, 0.1) is 13.3 Å². The molecule has 3 heterocycles. The van der Waals surface area contributed by atoms with Crippen LogP contribution in [0.5, 0.6) is 0 Å². The van der Waals surface area contributed by atoms with Gasteiger partial charge in [-0.15, -0.1) is 0 Å². The monoisotopic (exact) mass is 259 g/mol. The maximum atomic E-state index is 12.4. The van der Waals surface area contributed by atoms with E-state index in [0.29, 0.717) is 11.6 Å². The van der Waals surface area contributed by atoms with Crippen LogP contribution < -0.4 is 0 Å². The van der Waals surface area contributed by atoms with Gasteiger partial charge in [-0.1, -0.05) is 13.5 Å². The average molecular weight is 259 g/mol. The van der Waals surface area contributed by atoms with Crippen molar-refractivity contribution in [3.8, 4) is 0 Å². The van der Waals surface area contributed by atoms with E-state index in [1.807, 2.05) is 17.0 Å². The number of carbonyl (C=O) groups excluding carboxylic acids is 1. The first-order chi connectivity index (χ1) is 8.83. The van der Waals surface area contributed by atoms with Gasteiger partial charge in [0.15, 0.2) is 0 Å². The Morgan fingerprint density at radius 3 is 2.89 bits per heavy atom. The molecule has 1 aromatic heterocycles. The lowest BCUT2D eigenvalue weighted by Gasteiger charge is -2.29. The second-order valence-corrected chi connectivity index (χ2v) is 5.28. The zero-order chi connectivity index (χ0) is 12.4. The number of fused-ring (bicyclic) bond motifs is 2. The molecule has 0 N–H and O–H groups in total. The van der Waals surface area contributed by atoms with Crippen molar-refractivity contribution >= 4 is 5.91 Å². The fraction of sp³-hybridized carbons (Fsp3) is 0.533. The largest absolute Gasteiger partial charge is 0.336 e. The Balaban J connectivity index is 0.00000133. The number of rotatable bonds is 1. The lowest BCUT2D eigenvalue weighted by molar-refractivity contribution is 0.0740. The first-order valence-electron chi connectivity index (χ1n) is 6.75. The Labute approximate surface area is 115 Å². The van der Waals surface area contributed by atoms with Gasteiger partial charge in [-0.25, -0.2) is 0 Å². The maximum Gasteiger partial charge on any atom is 0.272 e. The van der Waals surface area contributed by atoms with E-state index in [1.165, 1.54) is 19.4 Å². The molecule has 0 aliphatic carbocycles. The molecule has 0 aromatic carbocycles. The Morgan fingerprint density at radius 2 is 2.11 bits per heavy atom. The van der Waals surface area contributed by atoms with E-state index in [4.69, 9.17) is 0 Å². The van der Waals surface area contributed by atoms with Crippen LogP contribution in [0.15, 0.2) is 24.4 Å². The summed E-state index contributed by atoms with van der Waals surface area (Å²) in [5.41, 5.74) is 0.573. The number of amides is 1. The summed E-state index contributed by atoms with van der Waals surface area (Å²) in [6, 6.07) is 5.53. The summed E-state index contributed by atoms with van der Waals surface area (Å²) in [4.78, 5) is 21.0. The van der Waals surface area contributed by atoms with Gasteiger partial charge in [0.05, 0.1) is 0 Å². The van der Waals surface area contributed by atoms with Crippen molar-refractivity contribution in [2.45, 2.75) is 12.8 Å². The average Bonchev–Trinajstić information content (AvgIpc) is 2.57. The van der Waals surface area contributed by atoms with Crippen LogP contribution in [0.3, 0.4) is 0 Å². The molecule has 2 unspecified atom stereocenters. The van der Waals surface area contributed by atoms with E-state index in [2.05, 4.69) is 9.88 Å². The summed E-state index contributed by atoms with van der Waals surface area (Å²) in [7, 11) is 0. The van der Waals surface area contributed by atoms with Crippen LogP contribution >= 0.6 is 0 Å². The number of nitrogens with zero attached hydrogens (tertiary/aromatic N) is 3. The van der Waals surface area contributed by atoms with Crippen molar-refractivity contribution in [3.63, 3.8) is 0 Å². The Morgan fingerprint density at radius 1 is 1.21 bits per heavy atom. The molecule has 4 heteroatoms. The Bertz CT molecular complexity index is 421. The highest BCUT2D eigenvalue weighted by atomic mass is 16.2. The lowest BCUT2D eigenvalue weighted by Crippen LogP contribution is -2.36. The Hall–Kier alpha value is -1.42. The third-order valence-corrected chi connectivity index (χ3v) is 3.94. The van der Waals surface area contributed by atoms with Crippen molar-refractivity contribution in [3.05, 3.63) is 37.5 Å². The van der Waals surface area contributed by atoms with Gasteiger partial charge < -0.3 is 9.80 Å². The zero-order valence-corrected chi connectivity index (χ0v) is 11.3. The molecule has 19 heavy (non-hydrogen) atoms. The fourth-order valence-corrected chi connectivity index (χ4v) is 3.00. The van der Waals surface area contributed by atoms with E-state index < -0.39 is 0 Å². The van der Waals surface area contributed by atoms with Crippen molar-refractivity contribution in [2.24, 2.45) is 5.92 Å². The first-order valence-corrected chi connectivity index (χ1v) is 6.75. The van der Waals surface area contributed by atoms with Gasteiger partial charge in [0.1, 0.15) is 5.69 Å². The Kier molecular flexibility index (Phi) is 4.53. The number of hydrogen-bond acceptors (Lipinski definition) is 3. The molecule has 2 aliphatic rings. The molecule has 1 aromatic rings. The van der Waals surface area contributed by atoms with E-state index in [-0.39, 0.29) is 13.3 Å². The van der Waals surface area contributed by atoms with Crippen LogP contribution in [0.2, 0.25) is 0 Å². The SMILES string of the molecule is O=C(c1ccccn1)N1CCN2CCCC(C2)C1.[CH2]. The van der Waals surface area contributed by atoms with Crippen molar-refractivity contribution in [2.75, 3.05) is 32.7 Å². The molecule has 2 saturated heterocycles. The molecule has 3 rings (SSSR count). The molecule has 102 valence electrons. The molecule has 2 bridgehead atoms. The minimum absolute atomic E-state index is 0. The van der Waals surface area contributed by atoms with Gasteiger partial charge in [0.2, 0.25) is 0 Å². The quantitative estimate of drug-likeness (QED) is 0.768. The van der Waals surface area contributed by atoms with Gasteiger partial charge in [0.25, 0.3) is 5.91 Å². The van der Waals surface area contributed by atoms with E-state index in [9.17, 15) is 4.79 Å². The van der Waals surface area contributed by atoms with E-state index >= 15 is 0 Å². The van der Waals surface area contributed by atoms with Crippen LogP contribution in [-0.2, 0) is 0 Å². The fourth-order valence-electron chi connectivity index (χ4n) is 3.00. The normalized spacial score (nSPS) is 26.2. The highest BCUT2D eigenvalue weighted by Crippen LogP contribution is 2.21. The minimum atomic E-state index is 0.